The Labute approximate surface area is 216 Å². The second-order valence-electron chi connectivity index (χ2n) is 10.3. The number of allylic oxidation sites excluding steroid dienone is 1. The molecule has 0 aliphatic heterocycles. The molecule has 3 aliphatic rings. The molecule has 6 N–H and O–H groups in total. The first-order valence-electron chi connectivity index (χ1n) is 11.5. The summed E-state index contributed by atoms with van der Waals surface area (Å²) in [7, 11) is 6.84. The highest BCUT2D eigenvalue weighted by Gasteiger charge is 2.63. The fraction of sp³-hybridized carbons (Fsp3) is 0.480. The molecule has 0 spiro atoms. The molecular weight excluding hydrogens is 534 g/mol. The van der Waals surface area contributed by atoms with E-state index in [1.165, 1.54) is 4.90 Å². The van der Waals surface area contributed by atoms with E-state index in [4.69, 9.17) is 5.73 Å². The van der Waals surface area contributed by atoms with Gasteiger partial charge >= 0.3 is 0 Å². The average Bonchev–Trinajstić information content (AvgIpc) is 2.76. The molecule has 0 aromatic heterocycles. The van der Waals surface area contributed by atoms with Gasteiger partial charge in [0.2, 0.25) is 5.78 Å². The number of fused-ring (bicyclic) bond motifs is 3. The van der Waals surface area contributed by atoms with E-state index in [0.717, 1.165) is 5.56 Å². The topological polar surface area (TPSA) is 165 Å². The van der Waals surface area contributed by atoms with Gasteiger partial charge in [-0.3, -0.25) is 19.3 Å². The fourth-order valence-corrected chi connectivity index (χ4v) is 6.64. The van der Waals surface area contributed by atoms with Crippen LogP contribution in [0.25, 0.3) is 0 Å². The number of hydrogen-bond acceptors (Lipinski definition) is 9. The number of nitrogens with zero attached hydrogens (tertiary/aromatic N) is 2. The third-order valence-corrected chi connectivity index (χ3v) is 8.73. The maximum Gasteiger partial charge on any atom is 0.255 e. The lowest BCUT2D eigenvalue weighted by molar-refractivity contribution is -0.148. The molecule has 1 aromatic carbocycles. The monoisotopic (exact) mass is 563 g/mol. The third-order valence-electron chi connectivity index (χ3n) is 7.66. The molecular formula is C25H30BrN3O7. The van der Waals surface area contributed by atoms with Gasteiger partial charge in [-0.05, 0) is 65.0 Å². The number of nitrogens with two attached hydrogens (primary N) is 1. The molecule has 0 bridgehead atoms. The lowest BCUT2D eigenvalue weighted by Crippen LogP contribution is -2.63. The number of amides is 1. The van der Waals surface area contributed by atoms with Crippen LogP contribution in [0.3, 0.4) is 0 Å². The van der Waals surface area contributed by atoms with Gasteiger partial charge in [-0.2, -0.15) is 0 Å². The first-order valence-corrected chi connectivity index (χ1v) is 12.3. The Morgan fingerprint density at radius 3 is 2.31 bits per heavy atom. The number of halogens is 1. The fourth-order valence-electron chi connectivity index (χ4n) is 6.04. The highest BCUT2D eigenvalue weighted by Crippen LogP contribution is 2.53. The van der Waals surface area contributed by atoms with E-state index in [1.54, 1.807) is 14.1 Å². The second kappa shape index (κ2) is 8.69. The molecule has 4 rings (SSSR count). The largest absolute Gasteiger partial charge is 0.510 e. The van der Waals surface area contributed by atoms with Crippen LogP contribution in [0.5, 0.6) is 5.75 Å². The van der Waals surface area contributed by atoms with E-state index < -0.39 is 58.0 Å². The number of Topliss-reactive ketones (excluding diaryl/α,β-unsaturated/α-hetero) is 2. The Balaban J connectivity index is 1.97. The Morgan fingerprint density at radius 2 is 1.78 bits per heavy atom. The second-order valence-corrected chi connectivity index (χ2v) is 11.1. The molecule has 4 atom stereocenters. The van der Waals surface area contributed by atoms with Crippen LogP contribution in [0.4, 0.5) is 0 Å². The molecule has 194 valence electrons. The van der Waals surface area contributed by atoms with E-state index in [9.17, 15) is 34.8 Å². The van der Waals surface area contributed by atoms with Crippen molar-refractivity contribution in [3.8, 4) is 5.75 Å². The van der Waals surface area contributed by atoms with Crippen LogP contribution in [0.1, 0.15) is 33.5 Å². The molecule has 0 saturated heterocycles. The summed E-state index contributed by atoms with van der Waals surface area (Å²) < 4.78 is 0.669. The zero-order chi connectivity index (χ0) is 27.0. The number of carbonyl (C=O) groups is 3. The van der Waals surface area contributed by atoms with Gasteiger partial charge in [0.25, 0.3) is 5.91 Å². The number of phenols is 1. The summed E-state index contributed by atoms with van der Waals surface area (Å²) in [6.07, 6.45) is 0.295. The van der Waals surface area contributed by atoms with Crippen molar-refractivity contribution >= 4 is 33.4 Å². The molecule has 1 amide bonds. The minimum absolute atomic E-state index is 0.00473. The number of carbonyl (C=O) groups excluding carboxylic acids is 3. The van der Waals surface area contributed by atoms with Gasteiger partial charge < -0.3 is 31.1 Å². The summed E-state index contributed by atoms with van der Waals surface area (Å²) in [6.45, 7) is 2.19. The van der Waals surface area contributed by atoms with Crippen molar-refractivity contribution in [1.29, 1.82) is 0 Å². The van der Waals surface area contributed by atoms with Gasteiger partial charge in [0.15, 0.2) is 11.4 Å². The third kappa shape index (κ3) is 3.44. The Bertz CT molecular complexity index is 1280. The highest BCUT2D eigenvalue weighted by atomic mass is 79.9. The van der Waals surface area contributed by atoms with Crippen molar-refractivity contribution in [2.24, 2.45) is 17.6 Å². The molecule has 11 heteroatoms. The lowest BCUT2D eigenvalue weighted by Gasteiger charge is -2.50. The SMILES string of the molecule is Cc1c(Br)c2c(c(O)c1CN(C)C)C(=O)C1=C(O)[C@]3(O)C(=O)C(C(N)=O)=C(O)[C@@H](N(C)C)[C@@H]3C[C@@H]1C2. The maximum absolute atomic E-state index is 13.8. The van der Waals surface area contributed by atoms with Crippen molar-refractivity contribution in [2.75, 3.05) is 28.2 Å². The zero-order valence-electron chi connectivity index (χ0n) is 20.7. The van der Waals surface area contributed by atoms with Crippen LogP contribution in [0.15, 0.2) is 27.1 Å². The summed E-state index contributed by atoms with van der Waals surface area (Å²) in [6, 6.07) is -1.02. The number of aliphatic hydroxyl groups excluding tert-OH is 2. The smallest absolute Gasteiger partial charge is 0.255 e. The van der Waals surface area contributed by atoms with Gasteiger partial charge in [0.1, 0.15) is 22.8 Å². The molecule has 0 heterocycles. The summed E-state index contributed by atoms with van der Waals surface area (Å²) >= 11 is 3.59. The van der Waals surface area contributed by atoms with Crippen molar-refractivity contribution in [2.45, 2.75) is 38.0 Å². The normalized spacial score (nSPS) is 28.0. The quantitative estimate of drug-likeness (QED) is 0.339. The first kappa shape index (κ1) is 26.3. The summed E-state index contributed by atoms with van der Waals surface area (Å²) in [5.41, 5.74) is 3.61. The van der Waals surface area contributed by atoms with E-state index in [1.807, 2.05) is 25.9 Å². The summed E-state index contributed by atoms with van der Waals surface area (Å²) in [4.78, 5) is 42.6. The van der Waals surface area contributed by atoms with Crippen molar-refractivity contribution < 1.29 is 34.8 Å². The van der Waals surface area contributed by atoms with Crippen molar-refractivity contribution in [3.63, 3.8) is 0 Å². The van der Waals surface area contributed by atoms with E-state index >= 15 is 0 Å². The standard InChI is InChI=1S/C25H30BrN3O7/c1-9-12(8-28(2)3)19(30)15-11(17(9)26)6-10-7-13-18(29(4)5)21(32)16(24(27)35)23(34)25(13,36)22(33)14(10)20(15)31/h10,13,18,30,32-33,36H,6-8H2,1-5H3,(H2,27,35)/t10-,13-,18-,25-/m0/s1. The lowest BCUT2D eigenvalue weighted by atomic mass is 9.58. The van der Waals surface area contributed by atoms with Gasteiger partial charge in [-0.15, -0.1) is 0 Å². The molecule has 0 fully saturated rings. The van der Waals surface area contributed by atoms with Crippen LogP contribution in [0.2, 0.25) is 0 Å². The number of ketones is 2. The number of rotatable bonds is 4. The Hall–Kier alpha value is -2.73. The number of aliphatic hydroxyl groups is 3. The number of likely N-dealkylation sites (N-methyl/N-ethyl adjacent to an activating group) is 1. The first-order chi connectivity index (χ1) is 16.7. The zero-order valence-corrected chi connectivity index (χ0v) is 22.3. The number of aromatic hydroxyl groups is 1. The van der Waals surface area contributed by atoms with Crippen LogP contribution in [-0.4, -0.2) is 87.5 Å². The summed E-state index contributed by atoms with van der Waals surface area (Å²) in [5.74, 6) is -6.52. The molecule has 3 aliphatic carbocycles. The van der Waals surface area contributed by atoms with Crippen molar-refractivity contribution in [3.05, 3.63) is 49.4 Å². The molecule has 36 heavy (non-hydrogen) atoms. The van der Waals surface area contributed by atoms with E-state index in [2.05, 4.69) is 15.9 Å². The maximum atomic E-state index is 13.8. The van der Waals surface area contributed by atoms with Crippen LogP contribution in [-0.2, 0) is 22.6 Å². The predicted octanol–water partition coefficient (Wildman–Crippen LogP) is 1.25. The van der Waals surface area contributed by atoms with Gasteiger partial charge in [0, 0.05) is 28.1 Å². The molecule has 0 saturated carbocycles. The Kier molecular flexibility index (Phi) is 6.35. The van der Waals surface area contributed by atoms with E-state index in [-0.39, 0.29) is 29.7 Å². The minimum Gasteiger partial charge on any atom is -0.510 e. The molecule has 10 nitrogen and oxygen atoms in total. The van der Waals surface area contributed by atoms with Crippen LogP contribution < -0.4 is 5.73 Å². The number of hydrogen-bond donors (Lipinski definition) is 5. The van der Waals surface area contributed by atoms with Gasteiger partial charge in [-0.25, -0.2) is 0 Å². The predicted molar refractivity (Wildman–Crippen MR) is 134 cm³/mol. The van der Waals surface area contributed by atoms with Crippen LogP contribution in [0, 0.1) is 18.8 Å². The summed E-state index contributed by atoms with van der Waals surface area (Å²) in [5, 5.41) is 45.0. The van der Waals surface area contributed by atoms with Crippen molar-refractivity contribution in [1.82, 2.24) is 9.80 Å². The number of primary amides is 1. The minimum atomic E-state index is -2.64. The van der Waals surface area contributed by atoms with Gasteiger partial charge in [0.05, 0.1) is 11.6 Å². The molecule has 0 radical (unpaired) electrons. The van der Waals surface area contributed by atoms with Crippen LogP contribution >= 0.6 is 15.9 Å². The van der Waals surface area contributed by atoms with E-state index in [0.29, 0.717) is 22.1 Å². The Morgan fingerprint density at radius 1 is 1.17 bits per heavy atom. The van der Waals surface area contributed by atoms with Gasteiger partial charge in [-0.1, -0.05) is 15.9 Å². The average molecular weight is 564 g/mol. The molecule has 1 aromatic rings. The number of benzene rings is 1. The number of phenolic OH excluding ortho intramolecular Hbond substituents is 1. The molecule has 0 unspecified atom stereocenters. The highest BCUT2D eigenvalue weighted by molar-refractivity contribution is 9.10.